The van der Waals surface area contributed by atoms with Crippen LogP contribution in [0.15, 0.2) is 24.3 Å². The van der Waals surface area contributed by atoms with Gasteiger partial charge in [0.25, 0.3) is 0 Å². The van der Waals surface area contributed by atoms with Crippen LogP contribution in [0.1, 0.15) is 41.2 Å². The van der Waals surface area contributed by atoms with Gasteiger partial charge < -0.3 is 16.6 Å². The fourth-order valence-corrected chi connectivity index (χ4v) is 1.55. The van der Waals surface area contributed by atoms with Crippen LogP contribution >= 0.6 is 0 Å². The zero-order valence-corrected chi connectivity index (χ0v) is 9.23. The van der Waals surface area contributed by atoms with Crippen molar-refractivity contribution in [1.82, 2.24) is 0 Å². The number of benzene rings is 1. The molecule has 1 rings (SSSR count). The maximum Gasteiger partial charge on any atom is 0.335 e. The first kappa shape index (κ1) is 12.7. The summed E-state index contributed by atoms with van der Waals surface area (Å²) >= 11 is 0. The summed E-state index contributed by atoms with van der Waals surface area (Å²) < 4.78 is 0. The minimum absolute atomic E-state index is 0.0330. The standard InChI is InChI=1S/C12H18N2O2/c13-8-2-1-3-11(14)9-4-6-10(7-5-9)12(15)16/h4-7,11H,1-3,8,13-14H2,(H,15,16)/t11-/m1/s1. The molecule has 0 heterocycles. The summed E-state index contributed by atoms with van der Waals surface area (Å²) in [7, 11) is 0. The minimum Gasteiger partial charge on any atom is -0.478 e. The van der Waals surface area contributed by atoms with E-state index in [1.165, 1.54) is 0 Å². The van der Waals surface area contributed by atoms with Gasteiger partial charge >= 0.3 is 5.97 Å². The van der Waals surface area contributed by atoms with E-state index in [2.05, 4.69) is 0 Å². The molecule has 88 valence electrons. The van der Waals surface area contributed by atoms with Crippen molar-refractivity contribution in [2.45, 2.75) is 25.3 Å². The third-order valence-electron chi connectivity index (χ3n) is 2.56. The Labute approximate surface area is 95.3 Å². The lowest BCUT2D eigenvalue weighted by Crippen LogP contribution is -2.11. The quantitative estimate of drug-likeness (QED) is 0.636. The number of rotatable bonds is 6. The number of carboxylic acid groups (broad SMARTS) is 1. The fourth-order valence-electron chi connectivity index (χ4n) is 1.55. The molecule has 0 fully saturated rings. The summed E-state index contributed by atoms with van der Waals surface area (Å²) in [5, 5.41) is 8.74. The van der Waals surface area contributed by atoms with Crippen molar-refractivity contribution in [3.63, 3.8) is 0 Å². The Morgan fingerprint density at radius 1 is 1.25 bits per heavy atom. The maximum absolute atomic E-state index is 10.6. The molecule has 5 N–H and O–H groups in total. The number of carbonyl (C=O) groups is 1. The largest absolute Gasteiger partial charge is 0.478 e. The van der Waals surface area contributed by atoms with Crippen LogP contribution in [0.25, 0.3) is 0 Å². The average molecular weight is 222 g/mol. The first-order valence-electron chi connectivity index (χ1n) is 5.44. The lowest BCUT2D eigenvalue weighted by Gasteiger charge is -2.11. The molecular formula is C12H18N2O2. The summed E-state index contributed by atoms with van der Waals surface area (Å²) in [4.78, 5) is 10.6. The van der Waals surface area contributed by atoms with Crippen LogP contribution in [0.2, 0.25) is 0 Å². The Morgan fingerprint density at radius 2 is 1.88 bits per heavy atom. The van der Waals surface area contributed by atoms with Gasteiger partial charge in [0.15, 0.2) is 0 Å². The van der Waals surface area contributed by atoms with Gasteiger partial charge in [-0.15, -0.1) is 0 Å². The second kappa shape index (κ2) is 6.25. The van der Waals surface area contributed by atoms with Gasteiger partial charge in [0.2, 0.25) is 0 Å². The maximum atomic E-state index is 10.6. The molecule has 4 nitrogen and oxygen atoms in total. The van der Waals surface area contributed by atoms with Gasteiger partial charge in [-0.3, -0.25) is 0 Å². The number of hydrogen-bond acceptors (Lipinski definition) is 3. The van der Waals surface area contributed by atoms with Gasteiger partial charge in [-0.2, -0.15) is 0 Å². The molecule has 0 saturated carbocycles. The first-order chi connectivity index (χ1) is 7.65. The molecule has 1 aromatic rings. The highest BCUT2D eigenvalue weighted by Gasteiger charge is 2.07. The van der Waals surface area contributed by atoms with E-state index in [0.29, 0.717) is 6.54 Å². The van der Waals surface area contributed by atoms with Crippen molar-refractivity contribution in [1.29, 1.82) is 0 Å². The number of hydrogen-bond donors (Lipinski definition) is 3. The van der Waals surface area contributed by atoms with Crippen LogP contribution in [0.3, 0.4) is 0 Å². The Kier molecular flexibility index (Phi) is 4.95. The van der Waals surface area contributed by atoms with Crippen LogP contribution < -0.4 is 11.5 Å². The smallest absolute Gasteiger partial charge is 0.335 e. The Bertz CT molecular complexity index is 335. The molecular weight excluding hydrogens is 204 g/mol. The van der Waals surface area contributed by atoms with E-state index in [1.807, 2.05) is 0 Å². The Balaban J connectivity index is 2.56. The molecule has 1 aromatic carbocycles. The van der Waals surface area contributed by atoms with Gasteiger partial charge in [0.1, 0.15) is 0 Å². The lowest BCUT2D eigenvalue weighted by molar-refractivity contribution is 0.0697. The third-order valence-corrected chi connectivity index (χ3v) is 2.56. The molecule has 0 aliphatic rings. The second-order valence-electron chi connectivity index (χ2n) is 3.82. The van der Waals surface area contributed by atoms with E-state index in [0.717, 1.165) is 24.8 Å². The van der Waals surface area contributed by atoms with Crippen molar-refractivity contribution in [3.05, 3.63) is 35.4 Å². The molecule has 1 atom stereocenters. The van der Waals surface area contributed by atoms with Crippen LogP contribution in [0.4, 0.5) is 0 Å². The van der Waals surface area contributed by atoms with E-state index in [9.17, 15) is 4.79 Å². The van der Waals surface area contributed by atoms with E-state index in [1.54, 1.807) is 24.3 Å². The van der Waals surface area contributed by atoms with Crippen molar-refractivity contribution < 1.29 is 9.90 Å². The number of carboxylic acids is 1. The highest BCUT2D eigenvalue weighted by Crippen LogP contribution is 2.17. The molecule has 0 spiro atoms. The van der Waals surface area contributed by atoms with Gasteiger partial charge in [-0.1, -0.05) is 18.6 Å². The number of nitrogens with two attached hydrogens (primary N) is 2. The van der Waals surface area contributed by atoms with E-state index < -0.39 is 5.97 Å². The van der Waals surface area contributed by atoms with Gasteiger partial charge in [0, 0.05) is 6.04 Å². The Hall–Kier alpha value is -1.39. The zero-order chi connectivity index (χ0) is 12.0. The monoisotopic (exact) mass is 222 g/mol. The van der Waals surface area contributed by atoms with Crippen molar-refractivity contribution in [3.8, 4) is 0 Å². The molecule has 0 aromatic heterocycles. The first-order valence-corrected chi connectivity index (χ1v) is 5.44. The third kappa shape index (κ3) is 3.64. The summed E-state index contributed by atoms with van der Waals surface area (Å²) in [6, 6.07) is 6.68. The van der Waals surface area contributed by atoms with Crippen LogP contribution in [-0.4, -0.2) is 17.6 Å². The highest BCUT2D eigenvalue weighted by atomic mass is 16.4. The topological polar surface area (TPSA) is 89.3 Å². The highest BCUT2D eigenvalue weighted by molar-refractivity contribution is 5.87. The number of unbranched alkanes of at least 4 members (excludes halogenated alkanes) is 1. The molecule has 4 heteroatoms. The second-order valence-corrected chi connectivity index (χ2v) is 3.82. The van der Waals surface area contributed by atoms with Crippen molar-refractivity contribution in [2.75, 3.05) is 6.54 Å². The molecule has 0 aliphatic heterocycles. The molecule has 0 bridgehead atoms. The number of aromatic carboxylic acids is 1. The van der Waals surface area contributed by atoms with E-state index >= 15 is 0 Å². The molecule has 0 aliphatic carbocycles. The van der Waals surface area contributed by atoms with Crippen LogP contribution in [0.5, 0.6) is 0 Å². The molecule has 0 unspecified atom stereocenters. The fraction of sp³-hybridized carbons (Fsp3) is 0.417. The SMILES string of the molecule is NCCCC[C@@H](N)c1ccc(C(=O)O)cc1. The molecule has 0 amide bonds. The van der Waals surface area contributed by atoms with Crippen molar-refractivity contribution in [2.24, 2.45) is 11.5 Å². The molecule has 16 heavy (non-hydrogen) atoms. The van der Waals surface area contributed by atoms with Gasteiger partial charge in [-0.25, -0.2) is 4.79 Å². The predicted octanol–water partition coefficient (Wildman–Crippen LogP) is 1.51. The predicted molar refractivity (Wildman–Crippen MR) is 63.2 cm³/mol. The summed E-state index contributed by atoms with van der Waals surface area (Å²) in [6.07, 6.45) is 2.85. The summed E-state index contributed by atoms with van der Waals surface area (Å²) in [5.74, 6) is -0.914. The van der Waals surface area contributed by atoms with Crippen LogP contribution in [-0.2, 0) is 0 Å². The molecule has 0 saturated heterocycles. The summed E-state index contributed by atoms with van der Waals surface area (Å²) in [5.41, 5.74) is 12.6. The van der Waals surface area contributed by atoms with Crippen LogP contribution in [0, 0.1) is 0 Å². The minimum atomic E-state index is -0.914. The zero-order valence-electron chi connectivity index (χ0n) is 9.23. The average Bonchev–Trinajstić information content (AvgIpc) is 2.29. The van der Waals surface area contributed by atoms with E-state index in [-0.39, 0.29) is 11.6 Å². The summed E-state index contributed by atoms with van der Waals surface area (Å²) in [6.45, 7) is 0.685. The van der Waals surface area contributed by atoms with Crippen molar-refractivity contribution >= 4 is 5.97 Å². The normalized spacial score (nSPS) is 12.4. The lowest BCUT2D eigenvalue weighted by atomic mass is 10.0. The van der Waals surface area contributed by atoms with Gasteiger partial charge in [-0.05, 0) is 37.1 Å². The van der Waals surface area contributed by atoms with E-state index in [4.69, 9.17) is 16.6 Å². The Morgan fingerprint density at radius 3 is 2.38 bits per heavy atom. The molecule has 0 radical (unpaired) electrons. The van der Waals surface area contributed by atoms with Gasteiger partial charge in [0.05, 0.1) is 5.56 Å².